The van der Waals surface area contributed by atoms with Crippen molar-refractivity contribution in [3.63, 3.8) is 0 Å². The maximum Gasteiger partial charge on any atom is 1.00 e. The monoisotopic (exact) mass is 197 g/mol. The molecule has 0 radical (unpaired) electrons. The number of nitrogens with one attached hydrogen (secondary N) is 1. The van der Waals surface area contributed by atoms with Crippen LogP contribution in [0.4, 0.5) is 4.79 Å². The summed E-state index contributed by atoms with van der Waals surface area (Å²) >= 11 is 0. The summed E-state index contributed by atoms with van der Waals surface area (Å²) in [7, 11) is 0. The first-order valence-electron chi connectivity index (χ1n) is 4.28. The summed E-state index contributed by atoms with van der Waals surface area (Å²) in [5, 5.41) is 2.68. The Morgan fingerprint density at radius 3 is 2.23 bits per heavy atom. The Balaban J connectivity index is -0.000000605. The van der Waals surface area contributed by atoms with Crippen LogP contribution in [-0.2, 0) is 4.74 Å². The third-order valence-electron chi connectivity index (χ3n) is 1.05. The summed E-state index contributed by atoms with van der Waals surface area (Å²) in [5.41, 5.74) is -0.402. The minimum atomic E-state index is -0.402. The van der Waals surface area contributed by atoms with Crippen LogP contribution in [0, 0.1) is 5.92 Å². The molecule has 0 spiro atoms. The summed E-state index contributed by atoms with van der Waals surface area (Å²) < 4.78 is 5.04. The molecule has 1 amide bonds. The Labute approximate surface area is 104 Å². The van der Waals surface area contributed by atoms with Gasteiger partial charge in [0.15, 0.2) is 0 Å². The molecule has 0 aromatic heterocycles. The largest absolute Gasteiger partial charge is 1.00 e. The second-order valence-corrected chi connectivity index (χ2v) is 4.28. The number of carbonyl (C=O) groups is 1. The molecule has 0 rings (SSSR count). The van der Waals surface area contributed by atoms with Gasteiger partial charge in [0.25, 0.3) is 0 Å². The van der Waals surface area contributed by atoms with Crippen molar-refractivity contribution >= 4 is 6.09 Å². The van der Waals surface area contributed by atoms with Gasteiger partial charge in [-0.25, -0.2) is 4.79 Å². The SMILES string of the molecule is CC(C)CNC(=O)OC(C)(C)C.[H-].[Na+]. The average molecular weight is 197 g/mol. The van der Waals surface area contributed by atoms with Crippen molar-refractivity contribution in [2.24, 2.45) is 5.92 Å². The van der Waals surface area contributed by atoms with Crippen molar-refractivity contribution in [3.8, 4) is 0 Å². The van der Waals surface area contributed by atoms with Crippen molar-refractivity contribution in [3.05, 3.63) is 0 Å². The second-order valence-electron chi connectivity index (χ2n) is 4.28. The zero-order valence-corrected chi connectivity index (χ0v) is 11.6. The molecule has 0 aliphatic carbocycles. The van der Waals surface area contributed by atoms with Crippen molar-refractivity contribution in [2.75, 3.05) is 6.54 Å². The molecular weight excluding hydrogens is 177 g/mol. The third kappa shape index (κ3) is 12.3. The smallest absolute Gasteiger partial charge is 1.00 e. The molecule has 1 N–H and O–H groups in total. The molecule has 0 aliphatic heterocycles. The van der Waals surface area contributed by atoms with Crippen LogP contribution >= 0.6 is 0 Å². The van der Waals surface area contributed by atoms with Crippen LogP contribution in [0.2, 0.25) is 0 Å². The van der Waals surface area contributed by atoms with Gasteiger partial charge in [0.1, 0.15) is 5.60 Å². The molecule has 13 heavy (non-hydrogen) atoms. The Hall–Kier alpha value is 0.270. The van der Waals surface area contributed by atoms with E-state index >= 15 is 0 Å². The third-order valence-corrected chi connectivity index (χ3v) is 1.05. The van der Waals surface area contributed by atoms with Gasteiger partial charge in [-0.1, -0.05) is 13.8 Å². The van der Waals surface area contributed by atoms with Gasteiger partial charge in [0.05, 0.1) is 0 Å². The van der Waals surface area contributed by atoms with Crippen LogP contribution in [0.5, 0.6) is 0 Å². The first-order valence-corrected chi connectivity index (χ1v) is 4.28. The molecule has 0 saturated carbocycles. The fourth-order valence-electron chi connectivity index (χ4n) is 0.602. The van der Waals surface area contributed by atoms with Crippen LogP contribution in [0.3, 0.4) is 0 Å². The van der Waals surface area contributed by atoms with Gasteiger partial charge in [0, 0.05) is 6.54 Å². The number of hydrogen-bond acceptors (Lipinski definition) is 2. The number of amides is 1. The van der Waals surface area contributed by atoms with Gasteiger partial charge in [-0.05, 0) is 26.7 Å². The predicted octanol–water partition coefficient (Wildman–Crippen LogP) is -0.716. The first-order chi connectivity index (χ1) is 5.31. The Morgan fingerprint density at radius 2 is 1.92 bits per heavy atom. The molecule has 74 valence electrons. The van der Waals surface area contributed by atoms with E-state index in [0.717, 1.165) is 0 Å². The second kappa shape index (κ2) is 6.68. The summed E-state index contributed by atoms with van der Waals surface area (Å²) in [5.74, 6) is 0.456. The van der Waals surface area contributed by atoms with E-state index in [9.17, 15) is 4.79 Å². The van der Waals surface area contributed by atoms with Crippen LogP contribution in [0.1, 0.15) is 36.0 Å². The summed E-state index contributed by atoms with van der Waals surface area (Å²) in [6.45, 7) is 10.3. The predicted molar refractivity (Wildman–Crippen MR) is 50.2 cm³/mol. The molecular formula is C9H20NNaO2. The van der Waals surface area contributed by atoms with Gasteiger partial charge < -0.3 is 11.5 Å². The van der Waals surface area contributed by atoms with Crippen molar-refractivity contribution in [2.45, 2.75) is 40.2 Å². The van der Waals surface area contributed by atoms with E-state index in [1.165, 1.54) is 0 Å². The first kappa shape index (κ1) is 15.7. The standard InChI is InChI=1S/C9H19NO2.Na.H/c1-7(2)6-10-8(11)12-9(3,4)5;;/h7H,6H2,1-5H3,(H,10,11);;/q;+1;-1. The van der Waals surface area contributed by atoms with Gasteiger partial charge in [-0.15, -0.1) is 0 Å². The van der Waals surface area contributed by atoms with Crippen molar-refractivity contribution in [1.82, 2.24) is 5.32 Å². The van der Waals surface area contributed by atoms with Gasteiger partial charge in [-0.3, -0.25) is 0 Å². The van der Waals surface area contributed by atoms with Crippen LogP contribution < -0.4 is 34.9 Å². The summed E-state index contributed by atoms with van der Waals surface area (Å²) in [4.78, 5) is 11.0. The van der Waals surface area contributed by atoms with E-state index in [0.29, 0.717) is 12.5 Å². The average Bonchev–Trinajstić information content (AvgIpc) is 1.79. The molecule has 0 atom stereocenters. The maximum atomic E-state index is 11.0. The molecule has 0 aromatic carbocycles. The summed E-state index contributed by atoms with van der Waals surface area (Å²) in [6.07, 6.45) is -0.337. The van der Waals surface area contributed by atoms with E-state index in [1.54, 1.807) is 0 Å². The quantitative estimate of drug-likeness (QED) is 0.594. The molecule has 0 saturated heterocycles. The number of hydrogen-bond donors (Lipinski definition) is 1. The normalized spacial score (nSPS) is 10.6. The fourth-order valence-corrected chi connectivity index (χ4v) is 0.602. The van der Waals surface area contributed by atoms with E-state index in [1.807, 2.05) is 34.6 Å². The molecule has 0 aliphatic rings. The Bertz CT molecular complexity index is 157. The van der Waals surface area contributed by atoms with Gasteiger partial charge >= 0.3 is 35.7 Å². The van der Waals surface area contributed by atoms with Gasteiger partial charge in [-0.2, -0.15) is 0 Å². The number of carbonyl (C=O) groups excluding carboxylic acids is 1. The van der Waals surface area contributed by atoms with E-state index in [2.05, 4.69) is 5.32 Å². The van der Waals surface area contributed by atoms with E-state index in [4.69, 9.17) is 4.74 Å². The molecule has 0 fully saturated rings. The number of rotatable bonds is 2. The summed E-state index contributed by atoms with van der Waals surface area (Å²) in [6, 6.07) is 0. The van der Waals surface area contributed by atoms with E-state index in [-0.39, 0.29) is 37.1 Å². The Kier molecular flexibility index (Phi) is 8.09. The molecule has 3 nitrogen and oxygen atoms in total. The minimum absolute atomic E-state index is 0. The molecule has 0 bridgehead atoms. The number of ether oxygens (including phenoxy) is 1. The molecule has 0 heterocycles. The molecule has 0 unspecified atom stereocenters. The van der Waals surface area contributed by atoms with Crippen LogP contribution in [-0.4, -0.2) is 18.2 Å². The Morgan fingerprint density at radius 1 is 1.46 bits per heavy atom. The minimum Gasteiger partial charge on any atom is -1.00 e. The topological polar surface area (TPSA) is 38.3 Å². The number of alkyl carbamates (subject to hydrolysis) is 1. The maximum absolute atomic E-state index is 11.0. The molecule has 0 aromatic rings. The van der Waals surface area contributed by atoms with Gasteiger partial charge in [0.2, 0.25) is 0 Å². The fraction of sp³-hybridized carbons (Fsp3) is 0.889. The van der Waals surface area contributed by atoms with E-state index < -0.39 is 5.60 Å². The van der Waals surface area contributed by atoms with Crippen molar-refractivity contribution in [1.29, 1.82) is 0 Å². The zero-order valence-electron chi connectivity index (χ0n) is 10.6. The van der Waals surface area contributed by atoms with Crippen molar-refractivity contribution < 1.29 is 40.5 Å². The molecule has 4 heteroatoms. The van der Waals surface area contributed by atoms with Crippen LogP contribution in [0.15, 0.2) is 0 Å². The van der Waals surface area contributed by atoms with Crippen LogP contribution in [0.25, 0.3) is 0 Å². The zero-order chi connectivity index (χ0) is 9.78.